The van der Waals surface area contributed by atoms with E-state index in [4.69, 9.17) is 14.2 Å². The fraction of sp³-hybridized carbons (Fsp3) is 0.706. The van der Waals surface area contributed by atoms with Crippen molar-refractivity contribution in [3.05, 3.63) is 12.2 Å². The zero-order valence-electron chi connectivity index (χ0n) is 15.2. The molecular formula is C17H27NO7. The van der Waals surface area contributed by atoms with Gasteiger partial charge in [-0.2, -0.15) is 0 Å². The van der Waals surface area contributed by atoms with Gasteiger partial charge < -0.3 is 19.3 Å². The molecule has 1 aliphatic heterocycles. The Kier molecular flexibility index (Phi) is 7.72. The number of hydrogen-bond donors (Lipinski definition) is 1. The van der Waals surface area contributed by atoms with Crippen molar-refractivity contribution in [1.29, 1.82) is 0 Å². The van der Waals surface area contributed by atoms with Gasteiger partial charge in [0.1, 0.15) is 0 Å². The first-order valence-electron chi connectivity index (χ1n) is 8.17. The Morgan fingerprint density at radius 3 is 2.28 bits per heavy atom. The second kappa shape index (κ2) is 9.07. The SMILES string of the molecule is COC(C)(C)CCOC(C)(O)CCOC(=O)CCN1C(=O)C=CC1=O. The van der Waals surface area contributed by atoms with E-state index in [-0.39, 0.29) is 31.6 Å². The van der Waals surface area contributed by atoms with Crippen molar-refractivity contribution >= 4 is 17.8 Å². The number of rotatable bonds is 11. The summed E-state index contributed by atoms with van der Waals surface area (Å²) in [6.07, 6.45) is 2.94. The lowest BCUT2D eigenvalue weighted by atomic mass is 10.1. The first kappa shape index (κ1) is 21.3. The highest BCUT2D eigenvalue weighted by molar-refractivity contribution is 6.12. The lowest BCUT2D eigenvalue weighted by Gasteiger charge is -2.27. The van der Waals surface area contributed by atoms with Crippen molar-refractivity contribution in [3.63, 3.8) is 0 Å². The Morgan fingerprint density at radius 2 is 1.72 bits per heavy atom. The van der Waals surface area contributed by atoms with Gasteiger partial charge in [-0.05, 0) is 27.2 Å². The van der Waals surface area contributed by atoms with E-state index < -0.39 is 23.6 Å². The molecule has 0 aliphatic carbocycles. The quantitative estimate of drug-likeness (QED) is 0.331. The Morgan fingerprint density at radius 1 is 1.12 bits per heavy atom. The molecule has 142 valence electrons. The summed E-state index contributed by atoms with van der Waals surface area (Å²) >= 11 is 0. The van der Waals surface area contributed by atoms with Crippen LogP contribution >= 0.6 is 0 Å². The normalized spacial score (nSPS) is 17.1. The summed E-state index contributed by atoms with van der Waals surface area (Å²) in [5, 5.41) is 10.1. The molecule has 0 saturated carbocycles. The standard InChI is InChI=1S/C17H27NO7/c1-16(2,23-4)8-12-25-17(3,22)9-11-24-15(21)7-10-18-13(19)5-6-14(18)20/h5-6,22H,7-12H2,1-4H3. The summed E-state index contributed by atoms with van der Waals surface area (Å²) < 4.78 is 15.7. The summed E-state index contributed by atoms with van der Waals surface area (Å²) in [6, 6.07) is 0. The molecule has 1 rings (SSSR count). The molecule has 1 heterocycles. The maximum Gasteiger partial charge on any atom is 0.307 e. The van der Waals surface area contributed by atoms with Crippen LogP contribution in [0.25, 0.3) is 0 Å². The number of esters is 1. The lowest BCUT2D eigenvalue weighted by Crippen LogP contribution is -2.34. The van der Waals surface area contributed by atoms with E-state index in [1.54, 1.807) is 7.11 Å². The highest BCUT2D eigenvalue weighted by Gasteiger charge is 2.25. The van der Waals surface area contributed by atoms with Gasteiger partial charge in [0.15, 0.2) is 5.79 Å². The summed E-state index contributed by atoms with van der Waals surface area (Å²) in [7, 11) is 1.61. The minimum absolute atomic E-state index is 0.0253. The summed E-state index contributed by atoms with van der Waals surface area (Å²) in [4.78, 5) is 35.3. The zero-order chi connectivity index (χ0) is 19.1. The van der Waals surface area contributed by atoms with Gasteiger partial charge in [0, 0.05) is 32.2 Å². The molecule has 0 saturated heterocycles. The lowest BCUT2D eigenvalue weighted by molar-refractivity contribution is -0.206. The monoisotopic (exact) mass is 357 g/mol. The van der Waals surface area contributed by atoms with Gasteiger partial charge >= 0.3 is 5.97 Å². The van der Waals surface area contributed by atoms with Gasteiger partial charge in [-0.25, -0.2) is 0 Å². The third kappa shape index (κ3) is 7.76. The van der Waals surface area contributed by atoms with E-state index in [0.717, 1.165) is 17.1 Å². The van der Waals surface area contributed by atoms with Gasteiger partial charge in [0.25, 0.3) is 11.8 Å². The number of carbonyl (C=O) groups excluding carboxylic acids is 3. The average molecular weight is 357 g/mol. The predicted octanol–water partition coefficient (Wildman–Crippen LogP) is 0.775. The van der Waals surface area contributed by atoms with E-state index in [1.165, 1.54) is 6.92 Å². The number of amides is 2. The first-order valence-corrected chi connectivity index (χ1v) is 8.17. The molecule has 0 aromatic heterocycles. The van der Waals surface area contributed by atoms with Crippen LogP contribution < -0.4 is 0 Å². The Balaban J connectivity index is 2.20. The Hall–Kier alpha value is -1.77. The smallest absolute Gasteiger partial charge is 0.307 e. The van der Waals surface area contributed by atoms with E-state index >= 15 is 0 Å². The molecule has 1 atom stereocenters. The highest BCUT2D eigenvalue weighted by atomic mass is 16.6. The number of aliphatic hydroxyl groups is 1. The molecule has 1 unspecified atom stereocenters. The molecule has 2 amide bonds. The predicted molar refractivity (Wildman–Crippen MR) is 88.3 cm³/mol. The number of nitrogens with zero attached hydrogens (tertiary/aromatic N) is 1. The topological polar surface area (TPSA) is 102 Å². The van der Waals surface area contributed by atoms with Crippen LogP contribution in [0.3, 0.4) is 0 Å². The van der Waals surface area contributed by atoms with E-state index in [0.29, 0.717) is 13.0 Å². The summed E-state index contributed by atoms with van der Waals surface area (Å²) in [5.41, 5.74) is -0.345. The van der Waals surface area contributed by atoms with Crippen molar-refractivity contribution in [2.24, 2.45) is 0 Å². The van der Waals surface area contributed by atoms with Gasteiger partial charge in [-0.3, -0.25) is 19.3 Å². The van der Waals surface area contributed by atoms with Crippen LogP contribution in [0.5, 0.6) is 0 Å². The first-order chi connectivity index (χ1) is 11.6. The molecule has 0 aromatic rings. The van der Waals surface area contributed by atoms with Crippen molar-refractivity contribution in [3.8, 4) is 0 Å². The highest BCUT2D eigenvalue weighted by Crippen LogP contribution is 2.17. The van der Waals surface area contributed by atoms with Crippen LogP contribution in [0.15, 0.2) is 12.2 Å². The Bertz CT molecular complexity index is 507. The third-order valence-electron chi connectivity index (χ3n) is 3.94. The number of ether oxygens (including phenoxy) is 3. The van der Waals surface area contributed by atoms with Crippen molar-refractivity contribution in [2.45, 2.75) is 51.4 Å². The molecule has 0 aromatic carbocycles. The molecule has 0 radical (unpaired) electrons. The van der Waals surface area contributed by atoms with E-state index in [1.807, 2.05) is 13.8 Å². The molecule has 8 nitrogen and oxygen atoms in total. The number of imide groups is 1. The van der Waals surface area contributed by atoms with Crippen LogP contribution in [0.4, 0.5) is 0 Å². The van der Waals surface area contributed by atoms with Gasteiger partial charge in [0.2, 0.25) is 0 Å². The third-order valence-corrected chi connectivity index (χ3v) is 3.94. The zero-order valence-corrected chi connectivity index (χ0v) is 15.2. The van der Waals surface area contributed by atoms with Crippen LogP contribution in [0.1, 0.15) is 40.0 Å². The van der Waals surface area contributed by atoms with Crippen LogP contribution in [-0.2, 0) is 28.6 Å². The average Bonchev–Trinajstić information content (AvgIpc) is 2.83. The number of methoxy groups -OCH3 is 1. The molecular weight excluding hydrogens is 330 g/mol. The summed E-state index contributed by atoms with van der Waals surface area (Å²) in [6.45, 7) is 5.57. The molecule has 0 bridgehead atoms. The van der Waals surface area contributed by atoms with E-state index in [2.05, 4.69) is 0 Å². The molecule has 25 heavy (non-hydrogen) atoms. The minimum atomic E-state index is -1.42. The van der Waals surface area contributed by atoms with Crippen molar-refractivity contribution < 1.29 is 33.7 Å². The van der Waals surface area contributed by atoms with Crippen LogP contribution in [-0.4, -0.2) is 66.0 Å². The minimum Gasteiger partial charge on any atom is -0.465 e. The molecule has 0 spiro atoms. The van der Waals surface area contributed by atoms with Crippen molar-refractivity contribution in [1.82, 2.24) is 4.90 Å². The second-order valence-electron chi connectivity index (χ2n) is 6.62. The maximum atomic E-state index is 11.7. The molecule has 1 aliphatic rings. The second-order valence-corrected chi connectivity index (χ2v) is 6.62. The number of hydrogen-bond acceptors (Lipinski definition) is 7. The van der Waals surface area contributed by atoms with Crippen molar-refractivity contribution in [2.75, 3.05) is 26.9 Å². The Labute approximate surface area is 147 Å². The largest absolute Gasteiger partial charge is 0.465 e. The molecule has 8 heteroatoms. The fourth-order valence-corrected chi connectivity index (χ4v) is 1.97. The van der Waals surface area contributed by atoms with Gasteiger partial charge in [0.05, 0.1) is 25.2 Å². The van der Waals surface area contributed by atoms with Crippen LogP contribution in [0.2, 0.25) is 0 Å². The summed E-state index contributed by atoms with van der Waals surface area (Å²) in [5.74, 6) is -2.85. The number of carbonyl (C=O) groups is 3. The van der Waals surface area contributed by atoms with Gasteiger partial charge in [-0.1, -0.05) is 0 Å². The fourth-order valence-electron chi connectivity index (χ4n) is 1.97. The maximum absolute atomic E-state index is 11.7. The van der Waals surface area contributed by atoms with Gasteiger partial charge in [-0.15, -0.1) is 0 Å². The molecule has 1 N–H and O–H groups in total. The molecule has 0 fully saturated rings. The van der Waals surface area contributed by atoms with E-state index in [9.17, 15) is 19.5 Å². The van der Waals surface area contributed by atoms with Crippen LogP contribution in [0, 0.1) is 0 Å².